The molecule has 0 bridgehead atoms. The van der Waals surface area contributed by atoms with E-state index >= 15 is 0 Å². The van der Waals surface area contributed by atoms with Crippen LogP contribution >= 0.6 is 0 Å². The summed E-state index contributed by atoms with van der Waals surface area (Å²) < 4.78 is 5.82. The number of rotatable bonds is 4. The van der Waals surface area contributed by atoms with Gasteiger partial charge in [0, 0.05) is 18.8 Å². The van der Waals surface area contributed by atoms with Crippen molar-refractivity contribution < 1.29 is 14.3 Å². The summed E-state index contributed by atoms with van der Waals surface area (Å²) in [5.41, 5.74) is 0.441. The topological polar surface area (TPSA) is 71.5 Å². The number of carbonyl (C=O) groups is 2. The van der Waals surface area contributed by atoms with E-state index in [0.717, 1.165) is 11.1 Å². The lowest BCUT2D eigenvalue weighted by molar-refractivity contribution is -0.148. The molecule has 1 atom stereocenters. The maximum absolute atomic E-state index is 13.1. The smallest absolute Gasteiger partial charge is 0.282 e. The lowest BCUT2D eigenvalue weighted by atomic mass is 9.99. The molecule has 136 valence electrons. The van der Waals surface area contributed by atoms with Gasteiger partial charge in [-0.15, -0.1) is 0 Å². The summed E-state index contributed by atoms with van der Waals surface area (Å²) in [5.74, 6) is -0.0185. The Balaban J connectivity index is 1.86. The molecule has 1 aliphatic heterocycles. The summed E-state index contributed by atoms with van der Waals surface area (Å²) >= 11 is 0. The molecule has 0 spiro atoms. The van der Waals surface area contributed by atoms with Gasteiger partial charge in [-0.3, -0.25) is 14.5 Å². The van der Waals surface area contributed by atoms with E-state index < -0.39 is 17.4 Å². The number of carbonyl (C=O) groups excluding carboxylic acids is 2. The van der Waals surface area contributed by atoms with Gasteiger partial charge in [0.2, 0.25) is 0 Å². The molecule has 0 aliphatic carbocycles. The Morgan fingerprint density at radius 1 is 1.31 bits per heavy atom. The van der Waals surface area contributed by atoms with Crippen molar-refractivity contribution in [2.45, 2.75) is 45.9 Å². The van der Waals surface area contributed by atoms with E-state index in [1.165, 1.54) is 11.8 Å². The van der Waals surface area contributed by atoms with Gasteiger partial charge >= 0.3 is 0 Å². The molecule has 3 rings (SSSR count). The Morgan fingerprint density at radius 3 is 2.77 bits per heavy atom. The molecule has 0 saturated heterocycles. The molecular weight excluding hydrogens is 330 g/mol. The molecule has 1 aromatic heterocycles. The van der Waals surface area contributed by atoms with E-state index in [9.17, 15) is 9.59 Å². The van der Waals surface area contributed by atoms with Gasteiger partial charge in [-0.05, 0) is 45.4 Å². The average Bonchev–Trinajstić information content (AvgIpc) is 2.60. The second-order valence-corrected chi connectivity index (χ2v) is 6.90. The van der Waals surface area contributed by atoms with Crippen LogP contribution in [0.2, 0.25) is 0 Å². The van der Waals surface area contributed by atoms with Gasteiger partial charge in [0.05, 0.1) is 0 Å². The van der Waals surface area contributed by atoms with Crippen LogP contribution in [0.15, 0.2) is 42.6 Å². The van der Waals surface area contributed by atoms with Gasteiger partial charge in [-0.1, -0.05) is 29.8 Å². The fraction of sp³-hybridized carbons (Fsp3) is 0.350. The summed E-state index contributed by atoms with van der Waals surface area (Å²) in [6.45, 7) is 7.59. The Hall–Kier alpha value is -2.89. The van der Waals surface area contributed by atoms with Crippen molar-refractivity contribution in [2.75, 3.05) is 4.90 Å². The predicted octanol–water partition coefficient (Wildman–Crippen LogP) is 2.60. The second-order valence-electron chi connectivity index (χ2n) is 6.90. The first kappa shape index (κ1) is 17.9. The summed E-state index contributed by atoms with van der Waals surface area (Å²) in [6.07, 6.45) is 1.60. The predicted molar refractivity (Wildman–Crippen MR) is 98.9 cm³/mol. The molecule has 6 heteroatoms. The molecule has 6 nitrogen and oxygen atoms in total. The van der Waals surface area contributed by atoms with Crippen LogP contribution in [-0.2, 0) is 16.1 Å². The van der Waals surface area contributed by atoms with E-state index in [-0.39, 0.29) is 6.04 Å². The van der Waals surface area contributed by atoms with Crippen molar-refractivity contribution in [1.82, 2.24) is 10.3 Å². The fourth-order valence-corrected chi connectivity index (χ4v) is 3.03. The average molecular weight is 353 g/mol. The molecule has 1 aromatic carbocycles. The molecule has 0 saturated carbocycles. The number of aryl methyl sites for hydroxylation is 1. The van der Waals surface area contributed by atoms with E-state index in [2.05, 4.69) is 10.3 Å². The first-order valence-electron chi connectivity index (χ1n) is 8.64. The van der Waals surface area contributed by atoms with Crippen LogP contribution < -0.4 is 15.0 Å². The molecule has 0 radical (unpaired) electrons. The minimum atomic E-state index is -1.63. The summed E-state index contributed by atoms with van der Waals surface area (Å²) in [4.78, 5) is 31.7. The SMILES string of the molecule is Cc1cccc(CNC(=O)[C@]2(C)Oc3cccnc3N(C(C)C)C2=O)c1. The van der Waals surface area contributed by atoms with Gasteiger partial charge < -0.3 is 10.1 Å². The Morgan fingerprint density at radius 2 is 2.08 bits per heavy atom. The number of anilines is 1. The van der Waals surface area contributed by atoms with Crippen molar-refractivity contribution in [3.8, 4) is 5.75 Å². The number of nitrogens with zero attached hydrogens (tertiary/aromatic N) is 2. The largest absolute Gasteiger partial charge is 0.464 e. The lowest BCUT2D eigenvalue weighted by Crippen LogP contribution is -2.63. The van der Waals surface area contributed by atoms with Crippen LogP contribution in [0.5, 0.6) is 5.75 Å². The highest BCUT2D eigenvalue weighted by molar-refractivity contribution is 6.16. The van der Waals surface area contributed by atoms with Crippen molar-refractivity contribution in [2.24, 2.45) is 0 Å². The van der Waals surface area contributed by atoms with Crippen molar-refractivity contribution in [3.05, 3.63) is 53.7 Å². The van der Waals surface area contributed by atoms with Crippen molar-refractivity contribution in [1.29, 1.82) is 0 Å². The highest BCUT2D eigenvalue weighted by atomic mass is 16.5. The van der Waals surface area contributed by atoms with E-state index in [0.29, 0.717) is 18.1 Å². The van der Waals surface area contributed by atoms with Crippen LogP contribution in [-0.4, -0.2) is 28.4 Å². The van der Waals surface area contributed by atoms with Gasteiger partial charge in [-0.25, -0.2) is 4.98 Å². The second kappa shape index (κ2) is 6.78. The number of ether oxygens (including phenoxy) is 1. The van der Waals surface area contributed by atoms with Crippen LogP contribution in [0.25, 0.3) is 0 Å². The number of nitrogens with one attached hydrogen (secondary N) is 1. The van der Waals surface area contributed by atoms with Gasteiger partial charge in [0.25, 0.3) is 17.4 Å². The summed E-state index contributed by atoms with van der Waals surface area (Å²) in [5, 5.41) is 2.83. The quantitative estimate of drug-likeness (QED) is 0.858. The van der Waals surface area contributed by atoms with Crippen molar-refractivity contribution >= 4 is 17.6 Å². The number of fused-ring (bicyclic) bond motifs is 1. The van der Waals surface area contributed by atoms with E-state index in [1.807, 2.05) is 45.0 Å². The third-order valence-corrected chi connectivity index (χ3v) is 4.41. The maximum Gasteiger partial charge on any atom is 0.282 e. The minimum Gasteiger partial charge on any atom is -0.464 e. The molecule has 2 aromatic rings. The third kappa shape index (κ3) is 3.14. The highest BCUT2D eigenvalue weighted by Crippen LogP contribution is 2.37. The number of aromatic nitrogens is 1. The zero-order valence-corrected chi connectivity index (χ0v) is 15.4. The maximum atomic E-state index is 13.1. The standard InChI is InChI=1S/C20H23N3O3/c1-13(2)23-17-16(9-6-10-21-17)26-20(4,19(23)25)18(24)22-12-15-8-5-7-14(3)11-15/h5-11,13H,12H2,1-4H3,(H,22,24)/t20-/m0/s1. The van der Waals surface area contributed by atoms with Gasteiger partial charge in [0.1, 0.15) is 0 Å². The Bertz CT molecular complexity index is 850. The van der Waals surface area contributed by atoms with E-state index in [1.54, 1.807) is 18.3 Å². The summed E-state index contributed by atoms with van der Waals surface area (Å²) in [6, 6.07) is 11.1. The molecule has 1 N–H and O–H groups in total. The van der Waals surface area contributed by atoms with Crippen molar-refractivity contribution in [3.63, 3.8) is 0 Å². The number of pyridine rings is 1. The molecule has 2 amide bonds. The van der Waals surface area contributed by atoms with Gasteiger partial charge in [0.15, 0.2) is 11.6 Å². The van der Waals surface area contributed by atoms with Crippen LogP contribution in [0.4, 0.5) is 5.82 Å². The van der Waals surface area contributed by atoms with Crippen LogP contribution in [0.3, 0.4) is 0 Å². The zero-order valence-electron chi connectivity index (χ0n) is 15.4. The highest BCUT2D eigenvalue weighted by Gasteiger charge is 2.51. The number of amides is 2. The first-order valence-corrected chi connectivity index (χ1v) is 8.64. The zero-order chi connectivity index (χ0) is 18.9. The first-order chi connectivity index (χ1) is 12.3. The van der Waals surface area contributed by atoms with E-state index in [4.69, 9.17) is 4.74 Å². The lowest BCUT2D eigenvalue weighted by Gasteiger charge is -2.40. The Kier molecular flexibility index (Phi) is 4.68. The normalized spacial score (nSPS) is 19.1. The van der Waals surface area contributed by atoms with Crippen LogP contribution in [0, 0.1) is 6.92 Å². The molecule has 0 unspecified atom stereocenters. The molecule has 0 fully saturated rings. The minimum absolute atomic E-state index is 0.149. The Labute approximate surface area is 153 Å². The van der Waals surface area contributed by atoms with Gasteiger partial charge in [-0.2, -0.15) is 0 Å². The molecule has 26 heavy (non-hydrogen) atoms. The number of hydrogen-bond donors (Lipinski definition) is 1. The van der Waals surface area contributed by atoms with Crippen LogP contribution in [0.1, 0.15) is 31.9 Å². The number of hydrogen-bond acceptors (Lipinski definition) is 4. The molecule has 1 aliphatic rings. The molecule has 2 heterocycles. The fourth-order valence-electron chi connectivity index (χ4n) is 3.03. The number of benzene rings is 1. The molecular formula is C20H23N3O3. The summed E-state index contributed by atoms with van der Waals surface area (Å²) in [7, 11) is 0. The monoisotopic (exact) mass is 353 g/mol. The third-order valence-electron chi connectivity index (χ3n) is 4.41.